The van der Waals surface area contributed by atoms with Crippen LogP contribution >= 0.6 is 0 Å². The van der Waals surface area contributed by atoms with Crippen LogP contribution in [0.15, 0.2) is 54.6 Å². The maximum atomic E-state index is 13.0. The number of aryl methyl sites for hydroxylation is 1. The summed E-state index contributed by atoms with van der Waals surface area (Å²) in [6.45, 7) is 4.38. The number of carbonyl (C=O) groups is 1. The van der Waals surface area contributed by atoms with Crippen LogP contribution in [0.1, 0.15) is 34.9 Å². The summed E-state index contributed by atoms with van der Waals surface area (Å²) >= 11 is 0. The maximum Gasteiger partial charge on any atom is 0.226 e. The van der Waals surface area contributed by atoms with Gasteiger partial charge < -0.3 is 10.6 Å². The Morgan fingerprint density at radius 3 is 2.48 bits per heavy atom. The van der Waals surface area contributed by atoms with Gasteiger partial charge in [-0.1, -0.05) is 54.6 Å². The van der Waals surface area contributed by atoms with Crippen LogP contribution in [0, 0.1) is 18.8 Å². The third-order valence-corrected chi connectivity index (χ3v) is 5.98. The second-order valence-electron chi connectivity index (χ2n) is 7.56. The average molecular weight is 334 g/mol. The molecule has 1 aliphatic carbocycles. The number of hydrogen-bond donors (Lipinski definition) is 1. The summed E-state index contributed by atoms with van der Waals surface area (Å²) in [4.78, 5) is 15.1. The number of rotatable bonds is 4. The molecule has 1 saturated heterocycles. The molecule has 0 radical (unpaired) electrons. The number of amides is 1. The van der Waals surface area contributed by atoms with Gasteiger partial charge in [-0.15, -0.1) is 0 Å². The Kier molecular flexibility index (Phi) is 4.34. The van der Waals surface area contributed by atoms with Gasteiger partial charge in [-0.25, -0.2) is 0 Å². The molecule has 2 aromatic carbocycles. The predicted octanol–water partition coefficient (Wildman–Crippen LogP) is 3.30. The van der Waals surface area contributed by atoms with Gasteiger partial charge >= 0.3 is 0 Å². The van der Waals surface area contributed by atoms with Crippen LogP contribution in [-0.4, -0.2) is 30.4 Å². The Labute approximate surface area is 149 Å². The summed E-state index contributed by atoms with van der Waals surface area (Å²) in [6, 6.07) is 19.0. The quantitative estimate of drug-likeness (QED) is 0.932. The number of nitrogens with zero attached hydrogens (tertiary/aromatic N) is 1. The SMILES string of the molecule is Cc1ccccc1C1CC1C(=O)N1C[C@@H](CN)[C@H](c2ccccc2)C1. The second kappa shape index (κ2) is 6.64. The average Bonchev–Trinajstić information content (AvgIpc) is 3.32. The molecular weight excluding hydrogens is 308 g/mol. The fraction of sp³-hybridized carbons (Fsp3) is 0.409. The normalized spacial score (nSPS) is 28.2. The topological polar surface area (TPSA) is 46.3 Å². The molecule has 0 aromatic heterocycles. The molecule has 1 amide bonds. The van der Waals surface area contributed by atoms with E-state index in [9.17, 15) is 4.79 Å². The van der Waals surface area contributed by atoms with E-state index < -0.39 is 0 Å². The largest absolute Gasteiger partial charge is 0.341 e. The van der Waals surface area contributed by atoms with Crippen molar-refractivity contribution in [3.63, 3.8) is 0 Å². The number of hydrogen-bond acceptors (Lipinski definition) is 2. The molecule has 2 unspecified atom stereocenters. The van der Waals surface area contributed by atoms with Crippen molar-refractivity contribution >= 4 is 5.91 Å². The fourth-order valence-corrected chi connectivity index (χ4v) is 4.42. The molecule has 2 N–H and O–H groups in total. The minimum absolute atomic E-state index is 0.161. The van der Waals surface area contributed by atoms with Crippen molar-refractivity contribution in [3.8, 4) is 0 Å². The zero-order valence-corrected chi connectivity index (χ0v) is 14.8. The lowest BCUT2D eigenvalue weighted by atomic mass is 9.89. The highest BCUT2D eigenvalue weighted by atomic mass is 16.2. The van der Waals surface area contributed by atoms with Crippen molar-refractivity contribution in [1.29, 1.82) is 0 Å². The number of carbonyl (C=O) groups excluding carboxylic acids is 1. The van der Waals surface area contributed by atoms with Crippen LogP contribution in [0.25, 0.3) is 0 Å². The van der Waals surface area contributed by atoms with Gasteiger partial charge in [0.25, 0.3) is 0 Å². The highest BCUT2D eigenvalue weighted by molar-refractivity contribution is 5.83. The molecule has 3 nitrogen and oxygen atoms in total. The first-order valence-corrected chi connectivity index (χ1v) is 9.28. The summed E-state index contributed by atoms with van der Waals surface area (Å²) in [5.41, 5.74) is 9.96. The smallest absolute Gasteiger partial charge is 0.226 e. The first-order valence-electron chi connectivity index (χ1n) is 9.28. The molecule has 3 heteroatoms. The van der Waals surface area contributed by atoms with Gasteiger partial charge in [0.1, 0.15) is 0 Å². The molecule has 1 saturated carbocycles. The van der Waals surface area contributed by atoms with Crippen LogP contribution in [-0.2, 0) is 4.79 Å². The van der Waals surface area contributed by atoms with E-state index in [-0.39, 0.29) is 5.92 Å². The lowest BCUT2D eigenvalue weighted by Gasteiger charge is -2.17. The van der Waals surface area contributed by atoms with E-state index in [4.69, 9.17) is 5.73 Å². The van der Waals surface area contributed by atoms with Crippen molar-refractivity contribution in [2.24, 2.45) is 17.6 Å². The first-order chi connectivity index (χ1) is 12.2. The van der Waals surface area contributed by atoms with Gasteiger partial charge in [0.2, 0.25) is 5.91 Å². The lowest BCUT2D eigenvalue weighted by Crippen LogP contribution is -2.31. The second-order valence-corrected chi connectivity index (χ2v) is 7.56. The molecule has 4 atom stereocenters. The summed E-state index contributed by atoms with van der Waals surface area (Å²) < 4.78 is 0. The molecule has 0 bridgehead atoms. The molecule has 130 valence electrons. The van der Waals surface area contributed by atoms with Crippen molar-refractivity contribution < 1.29 is 4.79 Å². The minimum atomic E-state index is 0.161. The van der Waals surface area contributed by atoms with E-state index in [1.165, 1.54) is 16.7 Å². The summed E-state index contributed by atoms with van der Waals surface area (Å²) in [5.74, 6) is 1.62. The zero-order valence-electron chi connectivity index (χ0n) is 14.8. The molecule has 2 aliphatic rings. The Morgan fingerprint density at radius 2 is 1.76 bits per heavy atom. The predicted molar refractivity (Wildman–Crippen MR) is 100 cm³/mol. The van der Waals surface area contributed by atoms with E-state index in [0.717, 1.165) is 19.5 Å². The fourth-order valence-electron chi connectivity index (χ4n) is 4.42. The highest BCUT2D eigenvalue weighted by Gasteiger charge is 2.48. The summed E-state index contributed by atoms with van der Waals surface area (Å²) in [5, 5.41) is 0. The highest BCUT2D eigenvalue weighted by Crippen LogP contribution is 2.50. The van der Waals surface area contributed by atoms with E-state index in [1.807, 2.05) is 6.07 Å². The third kappa shape index (κ3) is 3.09. The molecule has 1 aliphatic heterocycles. The van der Waals surface area contributed by atoms with Gasteiger partial charge in [0.15, 0.2) is 0 Å². The van der Waals surface area contributed by atoms with E-state index in [0.29, 0.717) is 30.2 Å². The Hall–Kier alpha value is -2.13. The molecule has 2 aromatic rings. The standard InChI is InChI=1S/C22H26N2O/c1-15-7-5-6-10-18(15)19-11-20(19)22(25)24-13-17(12-23)21(14-24)16-8-3-2-4-9-16/h2-10,17,19-21H,11-14,23H2,1H3/t17-,19?,20?,21+/m1/s1. The van der Waals surface area contributed by atoms with Crippen LogP contribution in [0.4, 0.5) is 0 Å². The number of likely N-dealkylation sites (tertiary alicyclic amines) is 1. The summed E-state index contributed by atoms with van der Waals surface area (Å²) in [6.07, 6.45) is 0.990. The van der Waals surface area contributed by atoms with Gasteiger partial charge in [0, 0.05) is 24.9 Å². The van der Waals surface area contributed by atoms with E-state index in [1.54, 1.807) is 0 Å². The Bertz CT molecular complexity index is 758. The monoisotopic (exact) mass is 334 g/mol. The Morgan fingerprint density at radius 1 is 1.04 bits per heavy atom. The molecular formula is C22H26N2O. The van der Waals surface area contributed by atoms with E-state index >= 15 is 0 Å². The van der Waals surface area contributed by atoms with Crippen molar-refractivity contribution in [2.75, 3.05) is 19.6 Å². The molecule has 1 heterocycles. The molecule has 25 heavy (non-hydrogen) atoms. The zero-order chi connectivity index (χ0) is 17.4. The minimum Gasteiger partial charge on any atom is -0.341 e. The molecule has 0 spiro atoms. The third-order valence-electron chi connectivity index (χ3n) is 5.98. The first kappa shape index (κ1) is 16.3. The van der Waals surface area contributed by atoms with Gasteiger partial charge in [0.05, 0.1) is 0 Å². The van der Waals surface area contributed by atoms with Crippen LogP contribution in [0.2, 0.25) is 0 Å². The van der Waals surface area contributed by atoms with Crippen molar-refractivity contribution in [3.05, 3.63) is 71.3 Å². The molecule has 2 fully saturated rings. The maximum absolute atomic E-state index is 13.0. The Balaban J connectivity index is 1.46. The number of benzene rings is 2. The molecule has 4 rings (SSSR count). The van der Waals surface area contributed by atoms with Gasteiger partial charge in [-0.2, -0.15) is 0 Å². The van der Waals surface area contributed by atoms with Crippen LogP contribution in [0.3, 0.4) is 0 Å². The van der Waals surface area contributed by atoms with Gasteiger partial charge in [-0.3, -0.25) is 4.79 Å². The van der Waals surface area contributed by atoms with Crippen LogP contribution < -0.4 is 5.73 Å². The van der Waals surface area contributed by atoms with Crippen molar-refractivity contribution in [2.45, 2.75) is 25.2 Å². The van der Waals surface area contributed by atoms with E-state index in [2.05, 4.69) is 60.4 Å². The van der Waals surface area contributed by atoms with Crippen LogP contribution in [0.5, 0.6) is 0 Å². The lowest BCUT2D eigenvalue weighted by molar-refractivity contribution is -0.131. The van der Waals surface area contributed by atoms with Crippen molar-refractivity contribution in [1.82, 2.24) is 4.90 Å². The number of nitrogens with two attached hydrogens (primary N) is 1. The summed E-state index contributed by atoms with van der Waals surface area (Å²) in [7, 11) is 0. The van der Waals surface area contributed by atoms with Gasteiger partial charge in [-0.05, 0) is 48.4 Å².